The van der Waals surface area contributed by atoms with Gasteiger partial charge in [0.15, 0.2) is 0 Å². The molecule has 0 radical (unpaired) electrons. The molecule has 0 aliphatic carbocycles. The largest absolute Gasteiger partial charge is 0.342 e. The van der Waals surface area contributed by atoms with Crippen molar-refractivity contribution < 1.29 is 4.79 Å². The summed E-state index contributed by atoms with van der Waals surface area (Å²) >= 11 is 3.44. The van der Waals surface area contributed by atoms with E-state index in [0.29, 0.717) is 12.5 Å². The van der Waals surface area contributed by atoms with Gasteiger partial charge >= 0.3 is 0 Å². The molecule has 2 aromatic rings. The highest BCUT2D eigenvalue weighted by Gasteiger charge is 2.23. The third kappa shape index (κ3) is 4.28. The van der Waals surface area contributed by atoms with Crippen LogP contribution in [0, 0.1) is 0 Å². The number of rotatable bonds is 5. The maximum atomic E-state index is 12.3. The van der Waals surface area contributed by atoms with E-state index in [1.807, 2.05) is 4.90 Å². The molecule has 2 aromatic heterocycles. The normalized spacial score (nSPS) is 19.6. The van der Waals surface area contributed by atoms with Gasteiger partial charge in [-0.2, -0.15) is 11.3 Å². The monoisotopic (exact) mass is 376 g/mol. The van der Waals surface area contributed by atoms with Crippen molar-refractivity contribution in [2.24, 2.45) is 0 Å². The van der Waals surface area contributed by atoms with Gasteiger partial charge in [0.1, 0.15) is 5.01 Å². The van der Waals surface area contributed by atoms with Crippen molar-refractivity contribution in [1.82, 2.24) is 19.7 Å². The Morgan fingerprint density at radius 1 is 1.04 bits per heavy atom. The average molecular weight is 377 g/mol. The molecule has 0 saturated carbocycles. The first kappa shape index (κ1) is 17.1. The Morgan fingerprint density at radius 2 is 1.80 bits per heavy atom. The molecule has 5 nitrogen and oxygen atoms in total. The molecular weight excluding hydrogens is 352 g/mol. The van der Waals surface area contributed by atoms with Crippen LogP contribution in [0.5, 0.6) is 0 Å². The van der Waals surface area contributed by atoms with Crippen LogP contribution in [-0.2, 0) is 11.3 Å². The quantitative estimate of drug-likeness (QED) is 0.804. The maximum absolute atomic E-state index is 12.3. The number of likely N-dealkylation sites (tertiary alicyclic amines) is 1. The Balaban J connectivity index is 1.24. The molecule has 2 saturated heterocycles. The first-order valence-corrected chi connectivity index (χ1v) is 10.8. The molecule has 4 rings (SSSR count). The van der Waals surface area contributed by atoms with Gasteiger partial charge in [0.25, 0.3) is 0 Å². The maximum Gasteiger partial charge on any atom is 0.236 e. The molecule has 7 heteroatoms. The van der Waals surface area contributed by atoms with Crippen LogP contribution >= 0.6 is 22.7 Å². The molecule has 0 unspecified atom stereocenters. The highest BCUT2D eigenvalue weighted by molar-refractivity contribution is 7.14. The smallest absolute Gasteiger partial charge is 0.236 e. The number of hydrogen-bond donors (Lipinski definition) is 0. The molecule has 134 valence electrons. The number of hydrogen-bond acceptors (Lipinski definition) is 6. The van der Waals surface area contributed by atoms with E-state index in [1.165, 1.54) is 18.4 Å². The fourth-order valence-electron chi connectivity index (χ4n) is 3.49. The van der Waals surface area contributed by atoms with Crippen LogP contribution in [0.25, 0.3) is 10.6 Å². The summed E-state index contributed by atoms with van der Waals surface area (Å²) in [5.74, 6) is 0.311. The van der Waals surface area contributed by atoms with Crippen molar-refractivity contribution >= 4 is 28.6 Å². The topological polar surface area (TPSA) is 39.7 Å². The second-order valence-electron chi connectivity index (χ2n) is 6.80. The van der Waals surface area contributed by atoms with Gasteiger partial charge < -0.3 is 4.90 Å². The van der Waals surface area contributed by atoms with Crippen molar-refractivity contribution in [3.8, 4) is 10.6 Å². The summed E-state index contributed by atoms with van der Waals surface area (Å²) in [6.45, 7) is 7.38. The van der Waals surface area contributed by atoms with Gasteiger partial charge in [0.05, 0.1) is 12.2 Å². The lowest BCUT2D eigenvalue weighted by atomic mass is 10.3. The zero-order chi connectivity index (χ0) is 17.1. The second-order valence-corrected chi connectivity index (χ2v) is 8.43. The van der Waals surface area contributed by atoms with Crippen LogP contribution in [0.1, 0.15) is 18.5 Å². The van der Waals surface area contributed by atoms with E-state index in [-0.39, 0.29) is 0 Å². The fraction of sp³-hybridized carbons (Fsp3) is 0.556. The lowest BCUT2D eigenvalue weighted by molar-refractivity contribution is -0.131. The van der Waals surface area contributed by atoms with Crippen molar-refractivity contribution in [1.29, 1.82) is 0 Å². The van der Waals surface area contributed by atoms with Crippen molar-refractivity contribution in [3.05, 3.63) is 27.9 Å². The van der Waals surface area contributed by atoms with E-state index in [1.54, 1.807) is 22.7 Å². The van der Waals surface area contributed by atoms with Crippen LogP contribution in [0.4, 0.5) is 0 Å². The van der Waals surface area contributed by atoms with Gasteiger partial charge in [0.2, 0.25) is 5.91 Å². The number of thiophene rings is 1. The number of piperazine rings is 1. The van der Waals surface area contributed by atoms with Crippen molar-refractivity contribution in [2.45, 2.75) is 19.4 Å². The minimum Gasteiger partial charge on any atom is -0.342 e. The first-order valence-electron chi connectivity index (χ1n) is 8.97. The molecule has 0 spiro atoms. The lowest BCUT2D eigenvalue weighted by Gasteiger charge is -2.34. The summed E-state index contributed by atoms with van der Waals surface area (Å²) < 4.78 is 0. The van der Waals surface area contributed by atoms with E-state index >= 15 is 0 Å². The minimum absolute atomic E-state index is 0.311. The van der Waals surface area contributed by atoms with Crippen molar-refractivity contribution in [2.75, 3.05) is 45.8 Å². The minimum atomic E-state index is 0.311. The lowest BCUT2D eigenvalue weighted by Crippen LogP contribution is -2.49. The Kier molecular flexibility index (Phi) is 5.45. The van der Waals surface area contributed by atoms with Gasteiger partial charge in [-0.1, -0.05) is 0 Å². The number of nitrogens with zero attached hydrogens (tertiary/aromatic N) is 4. The molecule has 0 aromatic carbocycles. The summed E-state index contributed by atoms with van der Waals surface area (Å²) in [5, 5.41) is 7.54. The predicted octanol–water partition coefficient (Wildman–Crippen LogP) is 2.61. The van der Waals surface area contributed by atoms with Crippen molar-refractivity contribution in [3.63, 3.8) is 0 Å². The number of aromatic nitrogens is 1. The molecule has 25 heavy (non-hydrogen) atoms. The van der Waals surface area contributed by atoms with Crippen LogP contribution < -0.4 is 0 Å². The molecule has 1 amide bonds. The fourth-order valence-corrected chi connectivity index (χ4v) is 5.01. The van der Waals surface area contributed by atoms with E-state index < -0.39 is 0 Å². The van der Waals surface area contributed by atoms with Gasteiger partial charge in [-0.15, -0.1) is 11.3 Å². The summed E-state index contributed by atoms with van der Waals surface area (Å²) in [6, 6.07) is 2.13. The Bertz CT molecular complexity index is 686. The first-order chi connectivity index (χ1) is 12.3. The van der Waals surface area contributed by atoms with Crippen LogP contribution in [0.15, 0.2) is 22.2 Å². The number of amides is 1. The number of thiazole rings is 1. The molecule has 0 bridgehead atoms. The second kappa shape index (κ2) is 7.95. The highest BCUT2D eigenvalue weighted by atomic mass is 32.1. The van der Waals surface area contributed by atoms with Crippen LogP contribution in [0.3, 0.4) is 0 Å². The Morgan fingerprint density at radius 3 is 2.52 bits per heavy atom. The summed E-state index contributed by atoms with van der Waals surface area (Å²) in [5.41, 5.74) is 2.39. The van der Waals surface area contributed by atoms with E-state index in [2.05, 4.69) is 32.0 Å². The van der Waals surface area contributed by atoms with Gasteiger partial charge in [-0.25, -0.2) is 4.98 Å². The van der Waals surface area contributed by atoms with E-state index in [0.717, 1.165) is 56.5 Å². The molecule has 2 fully saturated rings. The molecular formula is C18H24N4OS2. The Labute approximate surface area is 156 Å². The molecule has 0 N–H and O–H groups in total. The van der Waals surface area contributed by atoms with Gasteiger partial charge in [-0.05, 0) is 24.3 Å². The average Bonchev–Trinajstić information content (AvgIpc) is 3.38. The third-order valence-electron chi connectivity index (χ3n) is 4.99. The predicted molar refractivity (Wildman–Crippen MR) is 103 cm³/mol. The highest BCUT2D eigenvalue weighted by Crippen LogP contribution is 2.26. The molecule has 0 atom stereocenters. The van der Waals surface area contributed by atoms with Gasteiger partial charge in [0, 0.05) is 62.1 Å². The van der Waals surface area contributed by atoms with Gasteiger partial charge in [-0.3, -0.25) is 14.6 Å². The third-order valence-corrected chi connectivity index (χ3v) is 6.61. The standard InChI is InChI=1S/C18H24N4OS2/c23-17(22-4-1-2-5-22)12-21-8-6-20(7-9-21)11-16-14-25-18(19-16)15-3-10-24-13-15/h3,10,13-14H,1-2,4-9,11-12H2. The Hall–Kier alpha value is -1.28. The summed E-state index contributed by atoms with van der Waals surface area (Å²) in [6.07, 6.45) is 2.33. The van der Waals surface area contributed by atoms with E-state index in [9.17, 15) is 4.79 Å². The summed E-state index contributed by atoms with van der Waals surface area (Å²) in [7, 11) is 0. The zero-order valence-corrected chi connectivity index (χ0v) is 16.0. The summed E-state index contributed by atoms with van der Waals surface area (Å²) in [4.78, 5) is 23.8. The zero-order valence-electron chi connectivity index (χ0n) is 14.4. The van der Waals surface area contributed by atoms with Crippen LogP contribution in [-0.4, -0.2) is 71.4 Å². The molecule has 2 aliphatic heterocycles. The SMILES string of the molecule is O=C(CN1CCN(Cc2csc(-c3ccsc3)n2)CC1)N1CCCC1. The molecule has 2 aliphatic rings. The number of carbonyl (C=O) groups is 1. The molecule has 4 heterocycles. The number of carbonyl (C=O) groups excluding carboxylic acids is 1. The van der Waals surface area contributed by atoms with E-state index in [4.69, 9.17) is 4.98 Å². The van der Waals surface area contributed by atoms with Crippen LogP contribution in [0.2, 0.25) is 0 Å².